The molecule has 0 unspecified atom stereocenters. The van der Waals surface area contributed by atoms with Crippen LogP contribution in [0.5, 0.6) is 0 Å². The molecule has 0 fully saturated rings. The Morgan fingerprint density at radius 3 is 2.82 bits per heavy atom. The molecule has 0 aromatic heterocycles. The van der Waals surface area contributed by atoms with Crippen LogP contribution in [0.3, 0.4) is 0 Å². The SMILES string of the molecule is C=C/C=C(/c1ccc(NCO)c(F)c1)N(C)N. The molecule has 5 heteroatoms. The van der Waals surface area contributed by atoms with Crippen LogP contribution in [0.25, 0.3) is 5.70 Å². The molecule has 0 aliphatic heterocycles. The second kappa shape index (κ2) is 6.03. The number of benzene rings is 1. The van der Waals surface area contributed by atoms with Crippen molar-refractivity contribution < 1.29 is 9.50 Å². The Balaban J connectivity index is 3.11. The van der Waals surface area contributed by atoms with Gasteiger partial charge in [0.1, 0.15) is 12.5 Å². The van der Waals surface area contributed by atoms with Crippen molar-refractivity contribution in [2.45, 2.75) is 0 Å². The highest BCUT2D eigenvalue weighted by atomic mass is 19.1. The second-order valence-electron chi connectivity index (χ2n) is 3.43. The van der Waals surface area contributed by atoms with Crippen LogP contribution in [0.4, 0.5) is 10.1 Å². The van der Waals surface area contributed by atoms with Gasteiger partial charge >= 0.3 is 0 Å². The van der Waals surface area contributed by atoms with Gasteiger partial charge in [-0.3, -0.25) is 0 Å². The molecule has 0 saturated heterocycles. The van der Waals surface area contributed by atoms with Crippen molar-refractivity contribution in [1.82, 2.24) is 5.01 Å². The number of hydrogen-bond donors (Lipinski definition) is 3. The summed E-state index contributed by atoms with van der Waals surface area (Å²) in [5.74, 6) is 5.19. The highest BCUT2D eigenvalue weighted by Gasteiger charge is 2.07. The zero-order valence-corrected chi connectivity index (χ0v) is 9.65. The number of allylic oxidation sites excluding steroid dienone is 2. The fraction of sp³-hybridized carbons (Fsp3) is 0.167. The van der Waals surface area contributed by atoms with Crippen LogP contribution in [-0.2, 0) is 0 Å². The minimum absolute atomic E-state index is 0.244. The molecule has 0 radical (unpaired) electrons. The molecule has 4 N–H and O–H groups in total. The third-order valence-electron chi connectivity index (χ3n) is 2.19. The molecule has 0 aliphatic carbocycles. The number of nitrogens with one attached hydrogen (secondary N) is 1. The first-order chi connectivity index (χ1) is 8.10. The Morgan fingerprint density at radius 2 is 2.35 bits per heavy atom. The van der Waals surface area contributed by atoms with Gasteiger partial charge in [0.15, 0.2) is 0 Å². The maximum atomic E-state index is 13.6. The standard InChI is InChI=1S/C12H16FN3O/c1-3-4-12(16(2)14)9-5-6-11(15-8-17)10(13)7-9/h3-7,15,17H,1,8,14H2,2H3/b12-4-. The minimum atomic E-state index is -0.451. The Kier molecular flexibility index (Phi) is 4.68. The van der Waals surface area contributed by atoms with Crippen molar-refractivity contribution in [3.63, 3.8) is 0 Å². The summed E-state index contributed by atoms with van der Waals surface area (Å²) < 4.78 is 13.6. The Hall–Kier alpha value is -1.85. The van der Waals surface area contributed by atoms with E-state index in [4.69, 9.17) is 10.9 Å². The molecule has 1 rings (SSSR count). The molecular formula is C12H16FN3O. The van der Waals surface area contributed by atoms with Gasteiger partial charge in [0.2, 0.25) is 0 Å². The smallest absolute Gasteiger partial charge is 0.147 e. The Labute approximate surface area is 99.8 Å². The number of anilines is 1. The summed E-state index contributed by atoms with van der Waals surface area (Å²) in [6.45, 7) is 3.26. The first-order valence-corrected chi connectivity index (χ1v) is 5.06. The van der Waals surface area contributed by atoms with Gasteiger partial charge in [0.25, 0.3) is 0 Å². The molecule has 0 amide bonds. The lowest BCUT2D eigenvalue weighted by molar-refractivity contribution is 0.325. The number of halogens is 1. The van der Waals surface area contributed by atoms with Gasteiger partial charge in [0, 0.05) is 12.6 Å². The summed E-state index contributed by atoms with van der Waals surface area (Å²) in [5.41, 5.74) is 1.53. The van der Waals surface area contributed by atoms with E-state index in [0.717, 1.165) is 0 Å². The van der Waals surface area contributed by atoms with E-state index in [0.29, 0.717) is 11.3 Å². The highest BCUT2D eigenvalue weighted by Crippen LogP contribution is 2.21. The van der Waals surface area contributed by atoms with Gasteiger partial charge in [-0.2, -0.15) is 0 Å². The highest BCUT2D eigenvalue weighted by molar-refractivity contribution is 5.67. The van der Waals surface area contributed by atoms with Gasteiger partial charge in [-0.15, -0.1) is 0 Å². The summed E-state index contributed by atoms with van der Waals surface area (Å²) in [7, 11) is 1.66. The predicted octanol–water partition coefficient (Wildman–Crippen LogP) is 1.52. The number of rotatable bonds is 5. The van der Waals surface area contributed by atoms with Crippen LogP contribution >= 0.6 is 0 Å². The molecule has 0 bridgehead atoms. The molecule has 0 spiro atoms. The summed E-state index contributed by atoms with van der Waals surface area (Å²) in [6.07, 6.45) is 3.27. The number of aliphatic hydroxyl groups is 1. The average molecular weight is 237 g/mol. The van der Waals surface area contributed by atoms with Crippen molar-refractivity contribution in [3.05, 3.63) is 48.3 Å². The maximum Gasteiger partial charge on any atom is 0.147 e. The first kappa shape index (κ1) is 13.2. The van der Waals surface area contributed by atoms with Crippen molar-refractivity contribution in [2.75, 3.05) is 19.1 Å². The largest absolute Gasteiger partial charge is 0.377 e. The van der Waals surface area contributed by atoms with Crippen molar-refractivity contribution >= 4 is 11.4 Å². The van der Waals surface area contributed by atoms with Gasteiger partial charge < -0.3 is 15.4 Å². The van der Waals surface area contributed by atoms with E-state index in [2.05, 4.69) is 11.9 Å². The van der Waals surface area contributed by atoms with E-state index >= 15 is 0 Å². The lowest BCUT2D eigenvalue weighted by atomic mass is 10.1. The number of aliphatic hydroxyl groups excluding tert-OH is 1. The molecular weight excluding hydrogens is 221 g/mol. The summed E-state index contributed by atoms with van der Waals surface area (Å²) >= 11 is 0. The zero-order valence-electron chi connectivity index (χ0n) is 9.65. The third kappa shape index (κ3) is 3.30. The van der Waals surface area contributed by atoms with E-state index in [1.807, 2.05) is 0 Å². The number of hydrogen-bond acceptors (Lipinski definition) is 4. The molecule has 92 valence electrons. The monoisotopic (exact) mass is 237 g/mol. The third-order valence-corrected chi connectivity index (χ3v) is 2.19. The van der Waals surface area contributed by atoms with Crippen LogP contribution in [0, 0.1) is 5.82 Å². The van der Waals surface area contributed by atoms with Crippen LogP contribution in [0.1, 0.15) is 5.56 Å². The van der Waals surface area contributed by atoms with Crippen molar-refractivity contribution in [1.29, 1.82) is 0 Å². The molecule has 1 aromatic carbocycles. The zero-order chi connectivity index (χ0) is 12.8. The van der Waals surface area contributed by atoms with E-state index in [1.165, 1.54) is 11.1 Å². The van der Waals surface area contributed by atoms with E-state index in [-0.39, 0.29) is 12.4 Å². The van der Waals surface area contributed by atoms with Gasteiger partial charge in [0.05, 0.1) is 11.4 Å². The van der Waals surface area contributed by atoms with Crippen LogP contribution in [0.15, 0.2) is 36.9 Å². The van der Waals surface area contributed by atoms with Crippen LogP contribution in [0.2, 0.25) is 0 Å². The molecule has 4 nitrogen and oxygen atoms in total. The number of nitrogens with two attached hydrogens (primary N) is 1. The van der Waals surface area contributed by atoms with Gasteiger partial charge in [-0.05, 0) is 18.2 Å². The fourth-order valence-corrected chi connectivity index (χ4v) is 1.43. The maximum absolute atomic E-state index is 13.6. The topological polar surface area (TPSA) is 61.5 Å². The number of hydrazine groups is 1. The summed E-state index contributed by atoms with van der Waals surface area (Å²) in [6, 6.07) is 4.60. The Morgan fingerprint density at radius 1 is 1.65 bits per heavy atom. The van der Waals surface area contributed by atoms with Crippen LogP contribution < -0.4 is 11.2 Å². The quantitative estimate of drug-likeness (QED) is 0.314. The Bertz CT molecular complexity index is 430. The van der Waals surface area contributed by atoms with E-state index < -0.39 is 5.82 Å². The molecule has 1 aromatic rings. The normalized spacial score (nSPS) is 11.2. The molecule has 17 heavy (non-hydrogen) atoms. The van der Waals surface area contributed by atoms with Crippen molar-refractivity contribution in [3.8, 4) is 0 Å². The minimum Gasteiger partial charge on any atom is -0.377 e. The lowest BCUT2D eigenvalue weighted by Crippen LogP contribution is -2.24. The number of nitrogens with zero attached hydrogens (tertiary/aromatic N) is 1. The molecule has 0 saturated carbocycles. The summed E-state index contributed by atoms with van der Waals surface area (Å²) in [5, 5.41) is 12.5. The molecule has 0 aliphatic rings. The van der Waals surface area contributed by atoms with Crippen molar-refractivity contribution in [2.24, 2.45) is 5.84 Å². The van der Waals surface area contributed by atoms with Gasteiger partial charge in [-0.25, -0.2) is 10.2 Å². The summed E-state index contributed by atoms with van der Waals surface area (Å²) in [4.78, 5) is 0. The molecule has 0 atom stereocenters. The first-order valence-electron chi connectivity index (χ1n) is 5.06. The van der Waals surface area contributed by atoms with Crippen LogP contribution in [-0.4, -0.2) is 23.9 Å². The van der Waals surface area contributed by atoms with E-state index in [1.54, 1.807) is 31.3 Å². The fourth-order valence-electron chi connectivity index (χ4n) is 1.43. The van der Waals surface area contributed by atoms with E-state index in [9.17, 15) is 4.39 Å². The average Bonchev–Trinajstić information content (AvgIpc) is 2.28. The van der Waals surface area contributed by atoms with Gasteiger partial charge in [-0.1, -0.05) is 18.7 Å². The lowest BCUT2D eigenvalue weighted by Gasteiger charge is -2.17. The molecule has 0 heterocycles. The predicted molar refractivity (Wildman–Crippen MR) is 67.2 cm³/mol. The second-order valence-corrected chi connectivity index (χ2v) is 3.43.